The first-order chi connectivity index (χ1) is 9.23. The van der Waals surface area contributed by atoms with Gasteiger partial charge in [0.2, 0.25) is 0 Å². The molecule has 0 saturated carbocycles. The van der Waals surface area contributed by atoms with E-state index in [0.29, 0.717) is 5.88 Å². The van der Waals surface area contributed by atoms with Gasteiger partial charge in [0.05, 0.1) is 7.05 Å². The van der Waals surface area contributed by atoms with Crippen LogP contribution in [-0.4, -0.2) is 26.1 Å². The minimum Gasteiger partial charge on any atom is -0.167 e. The molecule has 0 saturated heterocycles. The molecule has 1 aromatic heterocycles. The molecule has 1 unspecified atom stereocenters. The first-order valence-electron chi connectivity index (χ1n) is 6.61. The van der Waals surface area contributed by atoms with Gasteiger partial charge in [-0.2, -0.15) is 4.80 Å². The van der Waals surface area contributed by atoms with Gasteiger partial charge in [0.15, 0.2) is 5.82 Å². The van der Waals surface area contributed by atoms with Crippen LogP contribution in [0.1, 0.15) is 29.8 Å². The van der Waals surface area contributed by atoms with Crippen molar-refractivity contribution in [2.24, 2.45) is 7.05 Å². The van der Waals surface area contributed by atoms with E-state index in [4.69, 9.17) is 11.6 Å². The van der Waals surface area contributed by atoms with Gasteiger partial charge in [-0.15, -0.1) is 21.8 Å². The molecular formula is C14H17ClN4. The van der Waals surface area contributed by atoms with E-state index in [2.05, 4.69) is 39.7 Å². The van der Waals surface area contributed by atoms with Gasteiger partial charge in [0, 0.05) is 17.7 Å². The highest BCUT2D eigenvalue weighted by Gasteiger charge is 2.37. The monoisotopic (exact) mass is 276 g/mol. The Bertz CT molecular complexity index is 580. The SMILES string of the molecule is Cn1nnc(CC2(CCl)CCCc3ccccc32)n1. The minimum absolute atomic E-state index is 0.0422. The first kappa shape index (κ1) is 12.6. The van der Waals surface area contributed by atoms with E-state index in [1.54, 1.807) is 7.05 Å². The van der Waals surface area contributed by atoms with Gasteiger partial charge in [-0.05, 0) is 35.6 Å². The maximum atomic E-state index is 6.34. The van der Waals surface area contributed by atoms with Crippen LogP contribution in [0.4, 0.5) is 0 Å². The molecular weight excluding hydrogens is 260 g/mol. The van der Waals surface area contributed by atoms with E-state index in [9.17, 15) is 0 Å². The van der Waals surface area contributed by atoms with Gasteiger partial charge < -0.3 is 0 Å². The summed E-state index contributed by atoms with van der Waals surface area (Å²) in [5.74, 6) is 1.38. The highest BCUT2D eigenvalue weighted by Crippen LogP contribution is 2.40. The number of hydrogen-bond acceptors (Lipinski definition) is 3. The summed E-state index contributed by atoms with van der Waals surface area (Å²) in [6, 6.07) is 8.60. The van der Waals surface area contributed by atoms with E-state index in [0.717, 1.165) is 25.1 Å². The van der Waals surface area contributed by atoms with Crippen molar-refractivity contribution in [3.63, 3.8) is 0 Å². The second-order valence-corrected chi connectivity index (χ2v) is 5.56. The van der Waals surface area contributed by atoms with Crippen molar-refractivity contribution in [2.75, 3.05) is 5.88 Å². The van der Waals surface area contributed by atoms with E-state index in [1.807, 2.05) is 0 Å². The molecule has 0 aliphatic heterocycles. The van der Waals surface area contributed by atoms with Crippen molar-refractivity contribution in [3.05, 3.63) is 41.2 Å². The van der Waals surface area contributed by atoms with Gasteiger partial charge in [-0.1, -0.05) is 24.3 Å². The van der Waals surface area contributed by atoms with E-state index in [-0.39, 0.29) is 5.41 Å². The molecule has 0 radical (unpaired) electrons. The van der Waals surface area contributed by atoms with Crippen LogP contribution < -0.4 is 0 Å². The summed E-state index contributed by atoms with van der Waals surface area (Å²) in [4.78, 5) is 1.51. The van der Waals surface area contributed by atoms with Crippen LogP contribution >= 0.6 is 11.6 Å². The summed E-state index contributed by atoms with van der Waals surface area (Å²) in [5.41, 5.74) is 2.74. The molecule has 0 amide bonds. The van der Waals surface area contributed by atoms with Crippen molar-refractivity contribution in [1.82, 2.24) is 20.2 Å². The number of nitrogens with zero attached hydrogens (tertiary/aromatic N) is 4. The molecule has 1 atom stereocenters. The van der Waals surface area contributed by atoms with Gasteiger partial charge in [0.25, 0.3) is 0 Å². The van der Waals surface area contributed by atoms with Gasteiger partial charge in [0.1, 0.15) is 0 Å². The van der Waals surface area contributed by atoms with E-state index < -0.39 is 0 Å². The Labute approximate surface area is 117 Å². The summed E-state index contributed by atoms with van der Waals surface area (Å²) in [5, 5.41) is 12.3. The molecule has 0 fully saturated rings. The second-order valence-electron chi connectivity index (χ2n) is 5.30. The third-order valence-electron chi connectivity index (χ3n) is 3.99. The lowest BCUT2D eigenvalue weighted by molar-refractivity contribution is 0.388. The van der Waals surface area contributed by atoms with Crippen molar-refractivity contribution in [2.45, 2.75) is 31.1 Å². The summed E-state index contributed by atoms with van der Waals surface area (Å²) in [6.07, 6.45) is 4.17. The Morgan fingerprint density at radius 2 is 2.21 bits per heavy atom. The van der Waals surface area contributed by atoms with Gasteiger partial charge in [-0.25, -0.2) is 0 Å². The maximum absolute atomic E-state index is 6.34. The number of fused-ring (bicyclic) bond motifs is 1. The predicted molar refractivity (Wildman–Crippen MR) is 74.3 cm³/mol. The normalized spacial score (nSPS) is 22.2. The van der Waals surface area contributed by atoms with Crippen LogP contribution in [0.2, 0.25) is 0 Å². The average Bonchev–Trinajstić information content (AvgIpc) is 2.84. The average molecular weight is 277 g/mol. The fraction of sp³-hybridized carbons (Fsp3) is 0.500. The van der Waals surface area contributed by atoms with Crippen LogP contribution in [0.15, 0.2) is 24.3 Å². The number of alkyl halides is 1. The number of benzene rings is 1. The largest absolute Gasteiger partial charge is 0.175 e. The number of aryl methyl sites for hydroxylation is 2. The van der Waals surface area contributed by atoms with Gasteiger partial charge in [-0.3, -0.25) is 0 Å². The van der Waals surface area contributed by atoms with Crippen LogP contribution in [0.5, 0.6) is 0 Å². The van der Waals surface area contributed by atoms with Crippen molar-refractivity contribution >= 4 is 11.6 Å². The summed E-state index contributed by atoms with van der Waals surface area (Å²) >= 11 is 6.34. The lowest BCUT2D eigenvalue weighted by Gasteiger charge is -2.37. The molecule has 4 nitrogen and oxygen atoms in total. The van der Waals surface area contributed by atoms with Crippen LogP contribution in [0, 0.1) is 0 Å². The highest BCUT2D eigenvalue weighted by molar-refractivity contribution is 6.18. The molecule has 0 spiro atoms. The number of aromatic nitrogens is 4. The fourth-order valence-electron chi connectivity index (χ4n) is 3.07. The third kappa shape index (κ3) is 2.25. The first-order valence-corrected chi connectivity index (χ1v) is 7.14. The smallest absolute Gasteiger partial charge is 0.167 e. The number of tetrazole rings is 1. The molecule has 1 aliphatic carbocycles. The quantitative estimate of drug-likeness (QED) is 0.808. The van der Waals surface area contributed by atoms with Crippen molar-refractivity contribution in [1.29, 1.82) is 0 Å². The molecule has 3 rings (SSSR count). The Morgan fingerprint density at radius 1 is 1.37 bits per heavy atom. The summed E-state index contributed by atoms with van der Waals surface area (Å²) in [6.45, 7) is 0. The molecule has 0 N–H and O–H groups in total. The van der Waals surface area contributed by atoms with Crippen LogP contribution in [0.25, 0.3) is 0 Å². The standard InChI is InChI=1S/C14H17ClN4/c1-19-17-13(16-18-19)9-14(10-15)8-4-6-11-5-2-3-7-12(11)14/h2-3,5,7H,4,6,8-10H2,1H3. The van der Waals surface area contributed by atoms with Crippen molar-refractivity contribution < 1.29 is 0 Å². The molecule has 5 heteroatoms. The predicted octanol–water partition coefficient (Wildman–Crippen LogP) is 2.27. The lowest BCUT2D eigenvalue weighted by atomic mass is 9.69. The molecule has 2 aromatic rings. The Hall–Kier alpha value is -1.42. The zero-order valence-electron chi connectivity index (χ0n) is 11.0. The van der Waals surface area contributed by atoms with Crippen LogP contribution in [-0.2, 0) is 25.3 Å². The topological polar surface area (TPSA) is 43.6 Å². The number of rotatable bonds is 3. The zero-order valence-corrected chi connectivity index (χ0v) is 11.8. The van der Waals surface area contributed by atoms with E-state index in [1.165, 1.54) is 22.3 Å². The minimum atomic E-state index is -0.0422. The Kier molecular flexibility index (Phi) is 3.27. The second kappa shape index (κ2) is 4.93. The highest BCUT2D eigenvalue weighted by atomic mass is 35.5. The molecule has 1 aromatic carbocycles. The maximum Gasteiger partial charge on any atom is 0.175 e. The molecule has 100 valence electrons. The molecule has 1 aliphatic rings. The van der Waals surface area contributed by atoms with Crippen molar-refractivity contribution in [3.8, 4) is 0 Å². The molecule has 0 bridgehead atoms. The molecule has 19 heavy (non-hydrogen) atoms. The number of halogens is 1. The molecule has 1 heterocycles. The van der Waals surface area contributed by atoms with E-state index >= 15 is 0 Å². The third-order valence-corrected chi connectivity index (χ3v) is 4.50. The Morgan fingerprint density at radius 3 is 2.95 bits per heavy atom. The summed E-state index contributed by atoms with van der Waals surface area (Å²) < 4.78 is 0. The number of hydrogen-bond donors (Lipinski definition) is 0. The Balaban J connectivity index is 2.00. The summed E-state index contributed by atoms with van der Waals surface area (Å²) in [7, 11) is 1.79. The lowest BCUT2D eigenvalue weighted by Crippen LogP contribution is -2.35. The van der Waals surface area contributed by atoms with Crippen LogP contribution in [0.3, 0.4) is 0 Å². The van der Waals surface area contributed by atoms with Gasteiger partial charge >= 0.3 is 0 Å². The fourth-order valence-corrected chi connectivity index (χ4v) is 3.45. The zero-order chi connectivity index (χ0) is 13.3.